The molecular weight excluding hydrogens is 433 g/mol. The van der Waals surface area contributed by atoms with Gasteiger partial charge in [0.05, 0.1) is 13.2 Å². The van der Waals surface area contributed by atoms with Crippen LogP contribution in [0.5, 0.6) is 0 Å². The Labute approximate surface area is 189 Å². The van der Waals surface area contributed by atoms with Crippen LogP contribution in [-0.4, -0.2) is 36.6 Å². The molecule has 0 aromatic heterocycles. The second-order valence-corrected chi connectivity index (χ2v) is 6.02. The van der Waals surface area contributed by atoms with Gasteiger partial charge in [-0.2, -0.15) is 0 Å². The predicted molar refractivity (Wildman–Crippen MR) is 122 cm³/mol. The van der Waals surface area contributed by atoms with E-state index in [1.54, 1.807) is 19.2 Å². The summed E-state index contributed by atoms with van der Waals surface area (Å²) in [5.74, 6) is 0. The third-order valence-corrected chi connectivity index (χ3v) is 2.62. The van der Waals surface area contributed by atoms with Crippen molar-refractivity contribution in [2.24, 2.45) is 0 Å². The molecule has 3 N–H and O–H groups in total. The fourth-order valence-electron chi connectivity index (χ4n) is 1.90. The van der Waals surface area contributed by atoms with Gasteiger partial charge in [-0.1, -0.05) is 57.2 Å². The Bertz CT molecular complexity index is 659. The normalized spacial score (nSPS) is 8.78. The van der Waals surface area contributed by atoms with E-state index in [-0.39, 0.29) is 51.0 Å². The van der Waals surface area contributed by atoms with Crippen molar-refractivity contribution < 1.29 is 29.4 Å². The van der Waals surface area contributed by atoms with Crippen molar-refractivity contribution in [2.45, 2.75) is 26.3 Å². The summed E-state index contributed by atoms with van der Waals surface area (Å²) < 4.78 is 0. The van der Waals surface area contributed by atoms with Crippen molar-refractivity contribution in [1.82, 2.24) is 0 Å². The number of nitrogens with one attached hydrogen (secondary N) is 1. The number of hydrogen-bond donors (Lipinski definition) is 2. The first-order valence-corrected chi connectivity index (χ1v) is 10.5. The molecule has 27 heavy (non-hydrogen) atoms. The summed E-state index contributed by atoms with van der Waals surface area (Å²) in [6.45, 7) is 5.31. The second kappa shape index (κ2) is 19.0. The molecule has 0 heterocycles. The van der Waals surface area contributed by atoms with E-state index in [2.05, 4.69) is 62.2 Å². The van der Waals surface area contributed by atoms with Gasteiger partial charge < -0.3 is 23.4 Å². The van der Waals surface area contributed by atoms with Crippen LogP contribution in [0.25, 0.3) is 27.3 Å². The van der Waals surface area contributed by atoms with Crippen LogP contribution in [0.1, 0.15) is 20.8 Å². The first-order chi connectivity index (χ1) is 11.4. The van der Waals surface area contributed by atoms with Gasteiger partial charge in [-0.15, -0.1) is 70.1 Å². The van der Waals surface area contributed by atoms with Gasteiger partial charge in [0.2, 0.25) is 0 Å². The zero-order chi connectivity index (χ0) is 18.6. The fourth-order valence-corrected chi connectivity index (χ4v) is 1.90. The number of benzene rings is 2. The topological polar surface area (TPSA) is 64.3 Å². The molecule has 0 aliphatic heterocycles. The first kappa shape index (κ1) is 34.2. The number of hydrogen-bond acceptors (Lipinski definition) is 2. The third kappa shape index (κ3) is 15.3. The van der Waals surface area contributed by atoms with E-state index in [0.717, 1.165) is 0 Å². The summed E-state index contributed by atoms with van der Waals surface area (Å²) in [6.07, 6.45) is 0. The van der Waals surface area contributed by atoms with Gasteiger partial charge in [0.15, 0.2) is 0 Å². The molecule has 0 atom stereocenters. The third-order valence-electron chi connectivity index (χ3n) is 2.62. The van der Waals surface area contributed by atoms with E-state index < -0.39 is 0 Å². The maximum atomic E-state index is 7.62. The summed E-state index contributed by atoms with van der Waals surface area (Å²) in [5.41, 5.74) is 6.69. The van der Waals surface area contributed by atoms with E-state index in [1.807, 2.05) is 20.8 Å². The van der Waals surface area contributed by atoms with Crippen molar-refractivity contribution in [3.8, 4) is 0 Å². The smallest absolute Gasteiger partial charge is 0.0771 e. The Kier molecular flexibility index (Phi) is 24.1. The molecule has 3 nitrogen and oxygen atoms in total. The molecule has 0 unspecified atom stereocenters. The Morgan fingerprint density at radius 1 is 0.852 bits per heavy atom. The van der Waals surface area contributed by atoms with Crippen LogP contribution >= 0.6 is 24.8 Å². The van der Waals surface area contributed by atoms with Crippen LogP contribution < -0.4 is 0 Å². The maximum Gasteiger partial charge on any atom is -0.0771 e. The molecule has 7 heteroatoms. The summed E-state index contributed by atoms with van der Waals surface area (Å²) >= 11 is 1.81. The average molecular weight is 463 g/mol. The van der Waals surface area contributed by atoms with Crippen LogP contribution in [0.4, 0.5) is 0 Å². The van der Waals surface area contributed by atoms with Crippen molar-refractivity contribution in [1.29, 1.82) is 0 Å². The van der Waals surface area contributed by atoms with Crippen molar-refractivity contribution >= 4 is 54.0 Å². The van der Waals surface area contributed by atoms with Gasteiger partial charge >= 0.3 is 26.8 Å². The SMILES string of the molecule is CC(C)(C)[NH-].Cl.Cl.OCCO.[CH3-].[Si]=[Ti].c1ccc2c(c1)[cH-]c1ccccc12. The van der Waals surface area contributed by atoms with Crippen LogP contribution in [0, 0.1) is 7.43 Å². The van der Waals surface area contributed by atoms with Crippen LogP contribution in [0.3, 0.4) is 0 Å². The van der Waals surface area contributed by atoms with Crippen molar-refractivity contribution in [2.75, 3.05) is 13.2 Å². The molecule has 0 aliphatic carbocycles. The van der Waals surface area contributed by atoms with Gasteiger partial charge in [-0.3, -0.25) is 0 Å². The molecule has 0 spiro atoms. The number of halogens is 2. The second-order valence-electron chi connectivity index (χ2n) is 6.02. The van der Waals surface area contributed by atoms with Gasteiger partial charge in [0.1, 0.15) is 0 Å². The summed E-state index contributed by atoms with van der Waals surface area (Å²) in [7, 11) is 2.97. The zero-order valence-electron chi connectivity index (χ0n) is 16.3. The predicted octanol–water partition coefficient (Wildman–Crippen LogP) is 5.43. The summed E-state index contributed by atoms with van der Waals surface area (Å²) in [4.78, 5) is 0. The minimum absolute atomic E-state index is 0. The molecule has 0 aliphatic rings. The minimum Gasteiger partial charge on any atom is -0.126 e. The summed E-state index contributed by atoms with van der Waals surface area (Å²) in [5, 5.41) is 20.6. The molecule has 0 saturated carbocycles. The van der Waals surface area contributed by atoms with Gasteiger partial charge in [0.25, 0.3) is 0 Å². The van der Waals surface area contributed by atoms with Crippen molar-refractivity contribution in [3.05, 3.63) is 67.8 Å². The molecular formula is C20H30Cl2NO2SiTi-3. The van der Waals surface area contributed by atoms with Crippen molar-refractivity contribution in [3.63, 3.8) is 0 Å². The van der Waals surface area contributed by atoms with Gasteiger partial charge in [-0.05, 0) is 0 Å². The Morgan fingerprint density at radius 3 is 1.37 bits per heavy atom. The van der Waals surface area contributed by atoms with E-state index >= 15 is 0 Å². The molecule has 0 fully saturated rings. The Morgan fingerprint density at radius 2 is 1.11 bits per heavy atom. The molecule has 0 bridgehead atoms. The summed E-state index contributed by atoms with van der Waals surface area (Å²) in [6, 6.07) is 19.3. The molecule has 3 aromatic rings. The monoisotopic (exact) mass is 462 g/mol. The zero-order valence-corrected chi connectivity index (χ0v) is 20.5. The Balaban J connectivity index is -0.000000164. The van der Waals surface area contributed by atoms with Crippen LogP contribution in [-0.2, 0) is 19.2 Å². The Hall–Kier alpha value is -0.299. The van der Waals surface area contributed by atoms with E-state index in [0.29, 0.717) is 0 Å². The van der Waals surface area contributed by atoms with E-state index in [4.69, 9.17) is 15.9 Å². The van der Waals surface area contributed by atoms with Crippen LogP contribution in [0.2, 0.25) is 0 Å². The van der Waals surface area contributed by atoms with Gasteiger partial charge in [-0.25, -0.2) is 0 Å². The molecule has 152 valence electrons. The molecule has 3 rings (SSSR count). The molecule has 0 saturated heterocycles. The molecule has 3 aromatic carbocycles. The van der Waals surface area contributed by atoms with Gasteiger partial charge in [0, 0.05) is 0 Å². The van der Waals surface area contributed by atoms with E-state index in [9.17, 15) is 0 Å². The quantitative estimate of drug-likeness (QED) is 0.374. The average Bonchev–Trinajstić information content (AvgIpc) is 2.94. The largest absolute Gasteiger partial charge is 0.126 e. The number of aliphatic hydroxyl groups excluding tert-OH is 2. The van der Waals surface area contributed by atoms with E-state index in [1.165, 1.54) is 21.5 Å². The number of fused-ring (bicyclic) bond motifs is 3. The number of aliphatic hydroxyl groups is 2. The fraction of sp³-hybridized carbons (Fsp3) is 0.300. The maximum absolute atomic E-state index is 7.62. The standard InChI is InChI=1S/C13H9.C4H10N.C2H6O2.CH3.2ClH.Si.Ti/c1-3-7-12-10(5-1)9-11-6-2-4-8-13(11)12;1-4(2,3)5;3-1-2-4;;;;;/h1-9H;5H,1-3H3;3-4H,1-2H2;1H3;2*1H;;/q2*-1;;-1;;;;. The first-order valence-electron chi connectivity index (χ1n) is 7.61. The van der Waals surface area contributed by atoms with Crippen LogP contribution in [0.15, 0.2) is 54.6 Å². The molecule has 2 radical (unpaired) electrons. The number of rotatable bonds is 1. The molecule has 0 amide bonds. The minimum atomic E-state index is -0.250.